The summed E-state index contributed by atoms with van der Waals surface area (Å²) >= 11 is 0. The Morgan fingerprint density at radius 2 is 2.14 bits per heavy atom. The van der Waals surface area contributed by atoms with Crippen molar-refractivity contribution in [1.29, 1.82) is 0 Å². The van der Waals surface area contributed by atoms with Crippen LogP contribution < -0.4 is 10.6 Å². The second-order valence-corrected chi connectivity index (χ2v) is 6.59. The molecule has 1 aliphatic rings. The number of unbranched alkanes of at least 4 members (excludes halogenated alkanes) is 2. The van der Waals surface area contributed by atoms with E-state index >= 15 is 0 Å². The van der Waals surface area contributed by atoms with Crippen molar-refractivity contribution < 1.29 is 14.3 Å². The summed E-state index contributed by atoms with van der Waals surface area (Å²) in [5.41, 5.74) is 0. The van der Waals surface area contributed by atoms with Crippen LogP contribution in [0.3, 0.4) is 0 Å². The van der Waals surface area contributed by atoms with Gasteiger partial charge in [0.05, 0.1) is 13.7 Å². The molecule has 2 rings (SSSR count). The van der Waals surface area contributed by atoms with Crippen LogP contribution in [0.2, 0.25) is 0 Å². The topological polar surface area (TPSA) is 103 Å². The molecule has 0 aromatic carbocycles. The van der Waals surface area contributed by atoms with Crippen molar-refractivity contribution in [2.75, 3.05) is 27.3 Å². The molecule has 1 aromatic heterocycles. The van der Waals surface area contributed by atoms with Crippen LogP contribution in [0.25, 0.3) is 0 Å². The Kier molecular flexibility index (Phi) is 12.0. The molecule has 2 N–H and O–H groups in total. The van der Waals surface area contributed by atoms with E-state index in [0.29, 0.717) is 13.0 Å². The van der Waals surface area contributed by atoms with Gasteiger partial charge < -0.3 is 20.1 Å². The van der Waals surface area contributed by atoms with Gasteiger partial charge in [-0.25, -0.2) is 9.67 Å². The van der Waals surface area contributed by atoms with Gasteiger partial charge in [-0.05, 0) is 26.2 Å². The second kappa shape index (κ2) is 13.7. The maximum atomic E-state index is 11.1. The number of halogens is 1. The van der Waals surface area contributed by atoms with Crippen LogP contribution in [-0.4, -0.2) is 60.0 Å². The van der Waals surface area contributed by atoms with Crippen LogP contribution in [0.4, 0.5) is 0 Å². The molecule has 1 aromatic rings. The number of aryl methyl sites for hydroxylation is 1. The first-order valence-electron chi connectivity index (χ1n) is 9.69. The number of fused-ring (bicyclic) bond motifs is 1. The number of hydrogen-bond donors (Lipinski definition) is 2. The number of methoxy groups -OCH3 is 2. The molecule has 0 saturated heterocycles. The summed E-state index contributed by atoms with van der Waals surface area (Å²) in [5.74, 6) is 2.44. The molecule has 0 aliphatic carbocycles. The molecule has 1 aliphatic heterocycles. The van der Waals surface area contributed by atoms with Gasteiger partial charge in [0.25, 0.3) is 0 Å². The Labute approximate surface area is 184 Å². The minimum absolute atomic E-state index is 0. The van der Waals surface area contributed by atoms with Gasteiger partial charge in [0.2, 0.25) is 0 Å². The largest absolute Gasteiger partial charge is 0.469 e. The number of nitrogens with one attached hydrogen (secondary N) is 2. The predicted molar refractivity (Wildman–Crippen MR) is 118 cm³/mol. The Morgan fingerprint density at radius 3 is 2.86 bits per heavy atom. The Bertz CT molecular complexity index is 622. The molecule has 0 radical (unpaired) electrons. The van der Waals surface area contributed by atoms with E-state index in [2.05, 4.69) is 37.4 Å². The number of aliphatic imine (C=N–C) groups is 1. The van der Waals surface area contributed by atoms with E-state index in [-0.39, 0.29) is 36.0 Å². The minimum Gasteiger partial charge on any atom is -0.469 e. The molecular formula is C18H33IN6O3. The normalized spacial score (nSPS) is 16.1. The van der Waals surface area contributed by atoms with Crippen LogP contribution >= 0.6 is 24.0 Å². The number of hydrogen-bond acceptors (Lipinski definition) is 6. The lowest BCUT2D eigenvalue weighted by Gasteiger charge is -2.25. The lowest BCUT2D eigenvalue weighted by Crippen LogP contribution is -2.47. The molecular weight excluding hydrogens is 475 g/mol. The predicted octanol–water partition coefficient (Wildman–Crippen LogP) is 1.65. The third kappa shape index (κ3) is 8.29. The average molecular weight is 508 g/mol. The smallest absolute Gasteiger partial charge is 0.305 e. The van der Waals surface area contributed by atoms with Crippen molar-refractivity contribution in [2.24, 2.45) is 4.99 Å². The summed E-state index contributed by atoms with van der Waals surface area (Å²) in [7, 11) is 3.08. The lowest BCUT2D eigenvalue weighted by molar-refractivity contribution is -0.140. The number of ether oxygens (including phenoxy) is 2. The van der Waals surface area contributed by atoms with Gasteiger partial charge in [-0.2, -0.15) is 5.10 Å². The van der Waals surface area contributed by atoms with Gasteiger partial charge in [0.15, 0.2) is 11.8 Å². The number of nitrogens with zero attached hydrogens (tertiary/aromatic N) is 4. The van der Waals surface area contributed by atoms with Crippen LogP contribution in [0.15, 0.2) is 4.99 Å². The molecule has 0 bridgehead atoms. The van der Waals surface area contributed by atoms with Crippen molar-refractivity contribution in [3.63, 3.8) is 0 Å². The summed E-state index contributed by atoms with van der Waals surface area (Å²) in [6.07, 6.45) is 5.12. The van der Waals surface area contributed by atoms with Gasteiger partial charge in [-0.1, -0.05) is 6.42 Å². The maximum absolute atomic E-state index is 11.1. The summed E-state index contributed by atoms with van der Waals surface area (Å²) < 4.78 is 11.7. The molecule has 160 valence electrons. The number of rotatable bonds is 10. The number of carbonyl (C=O) groups excluding carboxylic acids is 1. The van der Waals surface area contributed by atoms with Crippen LogP contribution in [0.5, 0.6) is 0 Å². The second-order valence-electron chi connectivity index (χ2n) is 6.59. The van der Waals surface area contributed by atoms with Gasteiger partial charge in [-0.15, -0.1) is 24.0 Å². The molecule has 10 heteroatoms. The van der Waals surface area contributed by atoms with E-state index in [1.807, 2.05) is 4.68 Å². The molecule has 0 saturated carbocycles. The van der Waals surface area contributed by atoms with Crippen molar-refractivity contribution in [1.82, 2.24) is 25.4 Å². The van der Waals surface area contributed by atoms with E-state index < -0.39 is 0 Å². The van der Waals surface area contributed by atoms with E-state index in [0.717, 1.165) is 69.3 Å². The molecule has 0 spiro atoms. The quantitative estimate of drug-likeness (QED) is 0.163. The minimum atomic E-state index is -0.146. The first-order chi connectivity index (χ1) is 13.2. The zero-order valence-electron chi connectivity index (χ0n) is 17.1. The highest BCUT2D eigenvalue weighted by atomic mass is 127. The number of guanidine groups is 1. The van der Waals surface area contributed by atoms with E-state index in [1.165, 1.54) is 7.11 Å². The lowest BCUT2D eigenvalue weighted by atomic mass is 10.1. The SMILES string of the molecule is CCNC(=NCCCCCC(=O)OC)NC1CCc2nc(COC)nn2C1.I. The fourth-order valence-electron chi connectivity index (χ4n) is 3.03. The molecule has 1 atom stereocenters. The van der Waals surface area contributed by atoms with Gasteiger partial charge in [0.1, 0.15) is 12.4 Å². The molecule has 0 amide bonds. The summed E-state index contributed by atoms with van der Waals surface area (Å²) in [6.45, 7) is 4.82. The summed E-state index contributed by atoms with van der Waals surface area (Å²) in [5, 5.41) is 11.3. The Hall–Kier alpha value is -1.43. The fraction of sp³-hybridized carbons (Fsp3) is 0.778. The molecule has 28 heavy (non-hydrogen) atoms. The highest BCUT2D eigenvalue weighted by molar-refractivity contribution is 14.0. The zero-order valence-corrected chi connectivity index (χ0v) is 19.4. The van der Waals surface area contributed by atoms with Crippen molar-refractivity contribution in [3.8, 4) is 0 Å². The standard InChI is InChI=1S/C18H32N6O3.HI/c1-4-19-18(20-11-7-5-6-8-17(25)27-3)21-14-9-10-16-22-15(13-26-2)23-24(16)12-14;/h14H,4-13H2,1-3H3,(H2,19,20,21);1H. The van der Waals surface area contributed by atoms with Crippen molar-refractivity contribution in [2.45, 2.75) is 64.6 Å². The Balaban J connectivity index is 0.00000392. The molecule has 9 nitrogen and oxygen atoms in total. The van der Waals surface area contributed by atoms with Gasteiger partial charge in [0, 0.05) is 39.1 Å². The maximum Gasteiger partial charge on any atom is 0.305 e. The molecule has 0 fully saturated rings. The first-order valence-corrected chi connectivity index (χ1v) is 9.69. The summed E-state index contributed by atoms with van der Waals surface area (Å²) in [6, 6.07) is 0.270. The van der Waals surface area contributed by atoms with E-state index in [1.54, 1.807) is 7.11 Å². The van der Waals surface area contributed by atoms with Crippen LogP contribution in [0.1, 0.15) is 50.7 Å². The van der Waals surface area contributed by atoms with Gasteiger partial charge >= 0.3 is 5.97 Å². The highest BCUT2D eigenvalue weighted by Gasteiger charge is 2.22. The third-order valence-electron chi connectivity index (χ3n) is 4.40. The monoisotopic (exact) mass is 508 g/mol. The van der Waals surface area contributed by atoms with E-state index in [9.17, 15) is 4.79 Å². The number of esters is 1. The van der Waals surface area contributed by atoms with Crippen LogP contribution in [0, 0.1) is 0 Å². The zero-order chi connectivity index (χ0) is 19.5. The molecule has 1 unspecified atom stereocenters. The van der Waals surface area contributed by atoms with Crippen molar-refractivity contribution in [3.05, 3.63) is 11.6 Å². The van der Waals surface area contributed by atoms with Gasteiger partial charge in [-0.3, -0.25) is 9.79 Å². The van der Waals surface area contributed by atoms with Crippen LogP contribution in [-0.2, 0) is 33.8 Å². The van der Waals surface area contributed by atoms with Crippen molar-refractivity contribution >= 4 is 35.9 Å². The fourth-order valence-corrected chi connectivity index (χ4v) is 3.03. The summed E-state index contributed by atoms with van der Waals surface area (Å²) in [4.78, 5) is 20.3. The van der Waals surface area contributed by atoms with E-state index in [4.69, 9.17) is 4.74 Å². The number of aromatic nitrogens is 3. The Morgan fingerprint density at radius 1 is 1.32 bits per heavy atom. The highest BCUT2D eigenvalue weighted by Crippen LogP contribution is 2.13. The third-order valence-corrected chi connectivity index (χ3v) is 4.40. The first kappa shape index (κ1) is 24.6. The average Bonchev–Trinajstić information content (AvgIpc) is 3.06. The number of carbonyl (C=O) groups is 1. The molecule has 2 heterocycles.